The third-order valence-electron chi connectivity index (χ3n) is 3.15. The molecule has 20 heavy (non-hydrogen) atoms. The van der Waals surface area contributed by atoms with Crippen LogP contribution in [0.2, 0.25) is 10.0 Å². The van der Waals surface area contributed by atoms with Gasteiger partial charge in [0.15, 0.2) is 0 Å². The molecule has 0 aliphatic carbocycles. The first-order chi connectivity index (χ1) is 9.52. The highest BCUT2D eigenvalue weighted by molar-refractivity contribution is 9.10. The predicted molar refractivity (Wildman–Crippen MR) is 86.1 cm³/mol. The van der Waals surface area contributed by atoms with Crippen LogP contribution in [0, 0.1) is 5.82 Å². The number of hydrogen-bond donors (Lipinski definition) is 1. The molecule has 5 heteroatoms. The maximum atomic E-state index is 13.5. The van der Waals surface area contributed by atoms with Crippen molar-refractivity contribution >= 4 is 39.1 Å². The molecule has 0 heterocycles. The first-order valence-corrected chi connectivity index (χ1v) is 7.63. The summed E-state index contributed by atoms with van der Waals surface area (Å²) >= 11 is 15.5. The molecule has 0 fully saturated rings. The van der Waals surface area contributed by atoms with Crippen molar-refractivity contribution in [2.45, 2.75) is 12.5 Å². The molecule has 0 amide bonds. The van der Waals surface area contributed by atoms with Crippen molar-refractivity contribution in [3.05, 3.63) is 67.9 Å². The van der Waals surface area contributed by atoms with Crippen LogP contribution in [0.3, 0.4) is 0 Å². The summed E-state index contributed by atoms with van der Waals surface area (Å²) < 4.78 is 14.3. The van der Waals surface area contributed by atoms with Crippen LogP contribution in [0.1, 0.15) is 17.2 Å². The van der Waals surface area contributed by atoms with E-state index in [1.54, 1.807) is 6.07 Å². The maximum absolute atomic E-state index is 13.5. The zero-order chi connectivity index (χ0) is 14.7. The van der Waals surface area contributed by atoms with Gasteiger partial charge in [-0.25, -0.2) is 4.39 Å². The zero-order valence-electron chi connectivity index (χ0n) is 10.8. The largest absolute Gasteiger partial charge is 0.313 e. The Kier molecular flexibility index (Phi) is 5.44. The van der Waals surface area contributed by atoms with Gasteiger partial charge in [-0.3, -0.25) is 0 Å². The molecule has 0 spiro atoms. The van der Waals surface area contributed by atoms with Crippen molar-refractivity contribution in [2.24, 2.45) is 0 Å². The fourth-order valence-corrected chi connectivity index (χ4v) is 2.68. The summed E-state index contributed by atoms with van der Waals surface area (Å²) in [5, 5.41) is 4.03. The summed E-state index contributed by atoms with van der Waals surface area (Å²) in [7, 11) is 1.85. The minimum Gasteiger partial charge on any atom is -0.313 e. The molecule has 1 unspecified atom stereocenters. The molecule has 106 valence electrons. The van der Waals surface area contributed by atoms with Gasteiger partial charge < -0.3 is 5.32 Å². The predicted octanol–water partition coefficient (Wildman–Crippen LogP) is 5.40. The molecule has 0 saturated heterocycles. The van der Waals surface area contributed by atoms with E-state index in [4.69, 9.17) is 23.2 Å². The second-order valence-corrected chi connectivity index (χ2v) is 6.07. The number of hydrogen-bond acceptors (Lipinski definition) is 1. The highest BCUT2D eigenvalue weighted by atomic mass is 79.9. The molecule has 2 rings (SSSR count). The Morgan fingerprint density at radius 1 is 1.25 bits per heavy atom. The van der Waals surface area contributed by atoms with Gasteiger partial charge in [-0.05, 0) is 58.7 Å². The molecule has 1 N–H and O–H groups in total. The van der Waals surface area contributed by atoms with Gasteiger partial charge in [-0.15, -0.1) is 0 Å². The number of halogens is 4. The van der Waals surface area contributed by atoms with Gasteiger partial charge in [0, 0.05) is 10.5 Å². The van der Waals surface area contributed by atoms with Crippen LogP contribution in [0.15, 0.2) is 40.9 Å². The van der Waals surface area contributed by atoms with Gasteiger partial charge in [0.1, 0.15) is 5.82 Å². The van der Waals surface area contributed by atoms with Gasteiger partial charge in [-0.1, -0.05) is 41.4 Å². The topological polar surface area (TPSA) is 12.0 Å². The minimum absolute atomic E-state index is 0.0138. The molecule has 0 radical (unpaired) electrons. The van der Waals surface area contributed by atoms with E-state index in [2.05, 4.69) is 21.2 Å². The van der Waals surface area contributed by atoms with Gasteiger partial charge in [0.2, 0.25) is 0 Å². The first-order valence-electron chi connectivity index (χ1n) is 6.08. The van der Waals surface area contributed by atoms with Crippen LogP contribution in [-0.2, 0) is 6.42 Å². The smallest absolute Gasteiger partial charge is 0.142 e. The summed E-state index contributed by atoms with van der Waals surface area (Å²) in [5.74, 6) is -0.396. The summed E-state index contributed by atoms with van der Waals surface area (Å²) in [6.45, 7) is 0. The standard InChI is InChI=1S/C15H13BrCl2FN/c1-20-14(9-5-6-11(16)12(17)7-9)8-10-3-2-4-13(19)15(10)18/h2-7,14,20H,8H2,1H3. The van der Waals surface area contributed by atoms with E-state index in [-0.39, 0.29) is 11.1 Å². The van der Waals surface area contributed by atoms with E-state index in [9.17, 15) is 4.39 Å². The van der Waals surface area contributed by atoms with E-state index in [1.807, 2.05) is 31.3 Å². The van der Waals surface area contributed by atoms with E-state index in [1.165, 1.54) is 6.07 Å². The number of benzene rings is 2. The molecule has 2 aromatic carbocycles. The van der Waals surface area contributed by atoms with Crippen molar-refractivity contribution in [2.75, 3.05) is 7.05 Å². The number of likely N-dealkylation sites (N-methyl/N-ethyl adjacent to an activating group) is 1. The first kappa shape index (κ1) is 15.8. The molecule has 0 aliphatic rings. The van der Waals surface area contributed by atoms with Crippen molar-refractivity contribution in [1.29, 1.82) is 0 Å². The van der Waals surface area contributed by atoms with Crippen LogP contribution in [-0.4, -0.2) is 7.05 Å². The normalized spacial score (nSPS) is 12.4. The van der Waals surface area contributed by atoms with Crippen molar-refractivity contribution in [1.82, 2.24) is 5.32 Å². The van der Waals surface area contributed by atoms with E-state index < -0.39 is 5.82 Å². The van der Waals surface area contributed by atoms with Crippen molar-refractivity contribution in [3.63, 3.8) is 0 Å². The van der Waals surface area contributed by atoms with E-state index in [0.29, 0.717) is 11.4 Å². The number of rotatable bonds is 4. The average molecular weight is 377 g/mol. The minimum atomic E-state index is -0.396. The molecule has 0 saturated carbocycles. The molecule has 1 atom stereocenters. The average Bonchev–Trinajstić information content (AvgIpc) is 2.44. The van der Waals surface area contributed by atoms with Crippen LogP contribution in [0.25, 0.3) is 0 Å². The summed E-state index contributed by atoms with van der Waals surface area (Å²) in [6.07, 6.45) is 0.588. The van der Waals surface area contributed by atoms with Gasteiger partial charge in [0.25, 0.3) is 0 Å². The monoisotopic (exact) mass is 375 g/mol. The Morgan fingerprint density at radius 3 is 2.65 bits per heavy atom. The highest BCUT2D eigenvalue weighted by Gasteiger charge is 2.15. The molecular formula is C15H13BrCl2FN. The van der Waals surface area contributed by atoms with Crippen LogP contribution in [0.4, 0.5) is 4.39 Å². The Morgan fingerprint density at radius 2 is 2.00 bits per heavy atom. The molecule has 0 aliphatic heterocycles. The lowest BCUT2D eigenvalue weighted by molar-refractivity contribution is 0.584. The number of nitrogens with one attached hydrogen (secondary N) is 1. The van der Waals surface area contributed by atoms with E-state index in [0.717, 1.165) is 15.6 Å². The fourth-order valence-electron chi connectivity index (χ4n) is 2.04. The Balaban J connectivity index is 2.28. The summed E-state index contributed by atoms with van der Waals surface area (Å²) in [5.41, 5.74) is 1.80. The highest BCUT2D eigenvalue weighted by Crippen LogP contribution is 2.29. The van der Waals surface area contributed by atoms with Crippen molar-refractivity contribution in [3.8, 4) is 0 Å². The molecule has 0 aromatic heterocycles. The Bertz CT molecular complexity index is 619. The quantitative estimate of drug-likeness (QED) is 0.753. The maximum Gasteiger partial charge on any atom is 0.142 e. The summed E-state index contributed by atoms with van der Waals surface area (Å²) in [4.78, 5) is 0. The van der Waals surface area contributed by atoms with Gasteiger partial charge in [0.05, 0.1) is 10.0 Å². The molecule has 2 aromatic rings. The Labute approximate surface area is 136 Å². The van der Waals surface area contributed by atoms with Gasteiger partial charge in [-0.2, -0.15) is 0 Å². The third-order valence-corrected chi connectivity index (χ3v) is 4.81. The second kappa shape index (κ2) is 6.90. The third kappa shape index (κ3) is 3.53. The van der Waals surface area contributed by atoms with Crippen molar-refractivity contribution < 1.29 is 4.39 Å². The molecular weight excluding hydrogens is 364 g/mol. The van der Waals surface area contributed by atoms with Gasteiger partial charge >= 0.3 is 0 Å². The Hall–Kier alpha value is -0.610. The molecule has 0 bridgehead atoms. The summed E-state index contributed by atoms with van der Waals surface area (Å²) in [6, 6.07) is 10.6. The van der Waals surface area contributed by atoms with Crippen LogP contribution < -0.4 is 5.32 Å². The van der Waals surface area contributed by atoms with E-state index >= 15 is 0 Å². The second-order valence-electron chi connectivity index (χ2n) is 4.43. The lowest BCUT2D eigenvalue weighted by Gasteiger charge is -2.18. The van der Waals surface area contributed by atoms with Crippen LogP contribution in [0.5, 0.6) is 0 Å². The lowest BCUT2D eigenvalue weighted by atomic mass is 9.99. The zero-order valence-corrected chi connectivity index (χ0v) is 13.9. The fraction of sp³-hybridized carbons (Fsp3) is 0.200. The SMILES string of the molecule is CNC(Cc1cccc(F)c1Cl)c1ccc(Br)c(Cl)c1. The van der Waals surface area contributed by atoms with Crippen LogP contribution >= 0.6 is 39.1 Å². The molecule has 1 nitrogen and oxygen atoms in total. The lowest BCUT2D eigenvalue weighted by Crippen LogP contribution is -2.19.